The van der Waals surface area contributed by atoms with E-state index < -0.39 is 0 Å². The monoisotopic (exact) mass is 242 g/mol. The Morgan fingerprint density at radius 1 is 1.50 bits per heavy atom. The summed E-state index contributed by atoms with van der Waals surface area (Å²) in [5.41, 5.74) is 5.01. The summed E-state index contributed by atoms with van der Waals surface area (Å²) < 4.78 is 5.50. The van der Waals surface area contributed by atoms with Crippen LogP contribution in [0.5, 0.6) is 0 Å². The summed E-state index contributed by atoms with van der Waals surface area (Å²) in [6.45, 7) is 5.43. The SMILES string of the molecule is CCCOCC(NN)c1cc(Cl)ccc1C. The van der Waals surface area contributed by atoms with Crippen LogP contribution in [0.2, 0.25) is 5.02 Å². The fourth-order valence-corrected chi connectivity index (χ4v) is 1.74. The van der Waals surface area contributed by atoms with Gasteiger partial charge in [-0.15, -0.1) is 0 Å². The molecule has 0 aliphatic carbocycles. The topological polar surface area (TPSA) is 47.3 Å². The fourth-order valence-electron chi connectivity index (χ4n) is 1.56. The van der Waals surface area contributed by atoms with Crippen LogP contribution in [0.15, 0.2) is 18.2 Å². The van der Waals surface area contributed by atoms with Gasteiger partial charge in [0.05, 0.1) is 12.6 Å². The third kappa shape index (κ3) is 3.76. The summed E-state index contributed by atoms with van der Waals surface area (Å²) in [6, 6.07) is 5.78. The molecule has 0 aliphatic heterocycles. The van der Waals surface area contributed by atoms with E-state index >= 15 is 0 Å². The van der Waals surface area contributed by atoms with Crippen LogP contribution >= 0.6 is 11.6 Å². The Morgan fingerprint density at radius 3 is 2.88 bits per heavy atom. The van der Waals surface area contributed by atoms with E-state index in [9.17, 15) is 0 Å². The molecule has 3 N–H and O–H groups in total. The highest BCUT2D eigenvalue weighted by Gasteiger charge is 2.12. The quantitative estimate of drug-likeness (QED) is 0.458. The molecule has 1 aromatic carbocycles. The molecular weight excluding hydrogens is 224 g/mol. The molecule has 90 valence electrons. The molecule has 0 spiro atoms. The van der Waals surface area contributed by atoms with Gasteiger partial charge in [0.15, 0.2) is 0 Å². The number of halogens is 1. The zero-order valence-corrected chi connectivity index (χ0v) is 10.6. The number of benzene rings is 1. The summed E-state index contributed by atoms with van der Waals surface area (Å²) in [6.07, 6.45) is 1.01. The van der Waals surface area contributed by atoms with Crippen molar-refractivity contribution in [2.75, 3.05) is 13.2 Å². The maximum absolute atomic E-state index is 5.97. The molecule has 16 heavy (non-hydrogen) atoms. The van der Waals surface area contributed by atoms with Crippen LogP contribution in [0.25, 0.3) is 0 Å². The molecule has 4 heteroatoms. The number of hydrogen-bond acceptors (Lipinski definition) is 3. The van der Waals surface area contributed by atoms with Crippen molar-refractivity contribution >= 4 is 11.6 Å². The number of rotatable bonds is 6. The number of hydrazine groups is 1. The predicted octanol–water partition coefficient (Wildman–Crippen LogP) is 2.58. The summed E-state index contributed by atoms with van der Waals surface area (Å²) in [4.78, 5) is 0. The van der Waals surface area contributed by atoms with E-state index in [4.69, 9.17) is 22.2 Å². The first-order valence-electron chi connectivity index (χ1n) is 5.49. The molecule has 0 heterocycles. The number of nitrogens with two attached hydrogens (primary N) is 1. The number of hydrogen-bond donors (Lipinski definition) is 2. The zero-order valence-electron chi connectivity index (χ0n) is 9.79. The number of ether oxygens (including phenoxy) is 1. The molecule has 0 aromatic heterocycles. The van der Waals surface area contributed by atoms with Crippen molar-refractivity contribution in [1.82, 2.24) is 5.43 Å². The van der Waals surface area contributed by atoms with Gasteiger partial charge < -0.3 is 4.74 Å². The first kappa shape index (κ1) is 13.5. The van der Waals surface area contributed by atoms with Crippen LogP contribution in [0.3, 0.4) is 0 Å². The molecule has 1 atom stereocenters. The van der Waals surface area contributed by atoms with Gasteiger partial charge in [0.1, 0.15) is 0 Å². The Kier molecular flexibility index (Phi) is 5.77. The third-order valence-corrected chi connectivity index (χ3v) is 2.69. The second-order valence-corrected chi connectivity index (χ2v) is 4.23. The second kappa shape index (κ2) is 6.86. The minimum absolute atomic E-state index is 0.00903. The lowest BCUT2D eigenvalue weighted by atomic mass is 10.0. The van der Waals surface area contributed by atoms with Gasteiger partial charge in [-0.05, 0) is 36.6 Å². The van der Waals surface area contributed by atoms with Crippen LogP contribution < -0.4 is 11.3 Å². The maximum atomic E-state index is 5.97. The Balaban J connectivity index is 2.73. The standard InChI is InChI=1S/C12H19ClN2O/c1-3-6-16-8-12(15-14)11-7-10(13)5-4-9(11)2/h4-5,7,12,15H,3,6,8,14H2,1-2H3. The Hall–Kier alpha value is -0.610. The van der Waals surface area contributed by atoms with Gasteiger partial charge >= 0.3 is 0 Å². The van der Waals surface area contributed by atoms with Crippen LogP contribution in [0, 0.1) is 6.92 Å². The average Bonchev–Trinajstić information content (AvgIpc) is 2.28. The average molecular weight is 243 g/mol. The van der Waals surface area contributed by atoms with E-state index in [1.807, 2.05) is 25.1 Å². The molecule has 1 rings (SSSR count). The Bertz CT molecular complexity index is 331. The van der Waals surface area contributed by atoms with E-state index in [1.54, 1.807) is 0 Å². The first-order chi connectivity index (χ1) is 7.69. The summed E-state index contributed by atoms with van der Waals surface area (Å²) >= 11 is 5.97. The molecule has 0 saturated carbocycles. The highest BCUT2D eigenvalue weighted by molar-refractivity contribution is 6.30. The summed E-state index contributed by atoms with van der Waals surface area (Å²) in [7, 11) is 0. The van der Waals surface area contributed by atoms with E-state index in [1.165, 1.54) is 0 Å². The van der Waals surface area contributed by atoms with Crippen molar-refractivity contribution in [3.63, 3.8) is 0 Å². The van der Waals surface area contributed by atoms with Crippen LogP contribution in [0.1, 0.15) is 30.5 Å². The van der Waals surface area contributed by atoms with Crippen molar-refractivity contribution in [2.24, 2.45) is 5.84 Å². The lowest BCUT2D eigenvalue weighted by Gasteiger charge is -2.18. The van der Waals surface area contributed by atoms with E-state index in [0.29, 0.717) is 6.61 Å². The van der Waals surface area contributed by atoms with E-state index in [-0.39, 0.29) is 6.04 Å². The Labute approximate surface area is 102 Å². The molecular formula is C12H19ClN2O. The molecule has 0 radical (unpaired) electrons. The van der Waals surface area contributed by atoms with Gasteiger partial charge in [-0.3, -0.25) is 11.3 Å². The highest BCUT2D eigenvalue weighted by atomic mass is 35.5. The van der Waals surface area contributed by atoms with E-state index in [0.717, 1.165) is 29.2 Å². The lowest BCUT2D eigenvalue weighted by molar-refractivity contribution is 0.112. The summed E-state index contributed by atoms with van der Waals surface area (Å²) in [5.74, 6) is 5.53. The van der Waals surface area contributed by atoms with Crippen molar-refractivity contribution in [1.29, 1.82) is 0 Å². The number of aryl methyl sites for hydroxylation is 1. The largest absolute Gasteiger partial charge is 0.379 e. The van der Waals surface area contributed by atoms with Gasteiger partial charge in [-0.1, -0.05) is 24.6 Å². The molecule has 0 fully saturated rings. The van der Waals surface area contributed by atoms with Gasteiger partial charge in [0.2, 0.25) is 0 Å². The molecule has 0 aliphatic rings. The van der Waals surface area contributed by atoms with E-state index in [2.05, 4.69) is 12.3 Å². The van der Waals surface area contributed by atoms with Gasteiger partial charge in [-0.2, -0.15) is 0 Å². The molecule has 0 bridgehead atoms. The van der Waals surface area contributed by atoms with Gasteiger partial charge in [-0.25, -0.2) is 0 Å². The number of nitrogens with one attached hydrogen (secondary N) is 1. The molecule has 1 unspecified atom stereocenters. The normalized spacial score (nSPS) is 12.8. The molecule has 0 saturated heterocycles. The smallest absolute Gasteiger partial charge is 0.0696 e. The minimum Gasteiger partial charge on any atom is -0.379 e. The van der Waals surface area contributed by atoms with Crippen molar-refractivity contribution in [2.45, 2.75) is 26.3 Å². The van der Waals surface area contributed by atoms with Gasteiger partial charge in [0, 0.05) is 11.6 Å². The minimum atomic E-state index is -0.00903. The second-order valence-electron chi connectivity index (χ2n) is 3.80. The van der Waals surface area contributed by atoms with Crippen LogP contribution in [-0.2, 0) is 4.74 Å². The van der Waals surface area contributed by atoms with Crippen LogP contribution in [-0.4, -0.2) is 13.2 Å². The fraction of sp³-hybridized carbons (Fsp3) is 0.500. The zero-order chi connectivity index (χ0) is 12.0. The first-order valence-corrected chi connectivity index (χ1v) is 5.86. The van der Waals surface area contributed by atoms with Crippen molar-refractivity contribution < 1.29 is 4.74 Å². The maximum Gasteiger partial charge on any atom is 0.0696 e. The van der Waals surface area contributed by atoms with Crippen molar-refractivity contribution in [3.8, 4) is 0 Å². The van der Waals surface area contributed by atoms with Gasteiger partial charge in [0.25, 0.3) is 0 Å². The van der Waals surface area contributed by atoms with Crippen molar-refractivity contribution in [3.05, 3.63) is 34.3 Å². The van der Waals surface area contributed by atoms with Crippen LogP contribution in [0.4, 0.5) is 0 Å². The summed E-state index contributed by atoms with van der Waals surface area (Å²) in [5, 5.41) is 0.719. The lowest BCUT2D eigenvalue weighted by Crippen LogP contribution is -2.32. The Morgan fingerprint density at radius 2 is 2.25 bits per heavy atom. The predicted molar refractivity (Wildman–Crippen MR) is 67.4 cm³/mol. The molecule has 1 aromatic rings. The molecule has 3 nitrogen and oxygen atoms in total. The third-order valence-electron chi connectivity index (χ3n) is 2.45. The highest BCUT2D eigenvalue weighted by Crippen LogP contribution is 2.21. The molecule has 0 amide bonds.